The summed E-state index contributed by atoms with van der Waals surface area (Å²) in [6, 6.07) is 1.89. The molecule has 1 fully saturated rings. The van der Waals surface area contributed by atoms with Crippen LogP contribution in [-0.4, -0.2) is 44.6 Å². The molecule has 0 aliphatic carbocycles. The zero-order chi connectivity index (χ0) is 14.9. The van der Waals surface area contributed by atoms with E-state index in [1.54, 1.807) is 6.92 Å². The smallest absolute Gasteiger partial charge is 0.246 e. The highest BCUT2D eigenvalue weighted by Gasteiger charge is 2.36. The lowest BCUT2D eigenvalue weighted by Crippen LogP contribution is -2.52. The van der Waals surface area contributed by atoms with Crippen molar-refractivity contribution in [3.05, 3.63) is 29.8 Å². The van der Waals surface area contributed by atoms with Gasteiger partial charge < -0.3 is 10.5 Å². The molecule has 2 rings (SSSR count). The normalized spacial score (nSPS) is 24.8. The maximum atomic E-state index is 13.7. The average molecular weight is 306 g/mol. The first-order valence-electron chi connectivity index (χ1n) is 6.15. The van der Waals surface area contributed by atoms with Crippen molar-refractivity contribution in [1.82, 2.24) is 4.31 Å². The first kappa shape index (κ1) is 15.3. The van der Waals surface area contributed by atoms with E-state index in [2.05, 4.69) is 0 Å². The van der Waals surface area contributed by atoms with Gasteiger partial charge in [0.15, 0.2) is 0 Å². The molecule has 5 nitrogen and oxygen atoms in total. The Morgan fingerprint density at radius 2 is 2.15 bits per heavy atom. The Balaban J connectivity index is 2.40. The summed E-state index contributed by atoms with van der Waals surface area (Å²) in [4.78, 5) is -0.665. The lowest BCUT2D eigenvalue weighted by atomic mass is 10.2. The van der Waals surface area contributed by atoms with Crippen molar-refractivity contribution in [1.29, 1.82) is 0 Å². The van der Waals surface area contributed by atoms with Gasteiger partial charge in [0.1, 0.15) is 16.5 Å². The van der Waals surface area contributed by atoms with Crippen LogP contribution in [0.25, 0.3) is 0 Å². The second kappa shape index (κ2) is 5.72. The summed E-state index contributed by atoms with van der Waals surface area (Å²) in [7, 11) is -4.12. The zero-order valence-corrected chi connectivity index (χ0v) is 11.7. The third kappa shape index (κ3) is 2.83. The summed E-state index contributed by atoms with van der Waals surface area (Å²) in [6.07, 6.45) is -0.447. The molecular weight excluding hydrogens is 290 g/mol. The van der Waals surface area contributed by atoms with E-state index in [-0.39, 0.29) is 19.7 Å². The molecule has 1 aromatic carbocycles. The number of halogens is 2. The van der Waals surface area contributed by atoms with Crippen molar-refractivity contribution in [2.75, 3.05) is 19.7 Å². The van der Waals surface area contributed by atoms with Gasteiger partial charge in [-0.2, -0.15) is 4.31 Å². The minimum atomic E-state index is -4.12. The number of rotatable bonds is 3. The maximum absolute atomic E-state index is 13.7. The number of nitrogens with two attached hydrogens (primary N) is 1. The molecular formula is C12H16F2N2O3S. The molecule has 8 heteroatoms. The van der Waals surface area contributed by atoms with Crippen LogP contribution in [-0.2, 0) is 14.8 Å². The predicted molar refractivity (Wildman–Crippen MR) is 68.5 cm³/mol. The Morgan fingerprint density at radius 1 is 1.45 bits per heavy atom. The summed E-state index contributed by atoms with van der Waals surface area (Å²) in [5.74, 6) is -1.78. The number of nitrogens with zero attached hydrogens (tertiary/aromatic N) is 1. The summed E-state index contributed by atoms with van der Waals surface area (Å²) in [5.41, 5.74) is 5.47. The Labute approximate surface area is 116 Å². The van der Waals surface area contributed by atoms with E-state index < -0.39 is 38.7 Å². The van der Waals surface area contributed by atoms with Gasteiger partial charge in [0.05, 0.1) is 12.7 Å². The highest BCUT2D eigenvalue weighted by atomic mass is 32.2. The number of ether oxygens (including phenoxy) is 1. The van der Waals surface area contributed by atoms with E-state index in [1.165, 1.54) is 0 Å². The van der Waals surface area contributed by atoms with E-state index in [9.17, 15) is 17.2 Å². The van der Waals surface area contributed by atoms with Crippen LogP contribution >= 0.6 is 0 Å². The van der Waals surface area contributed by atoms with Gasteiger partial charge in [-0.25, -0.2) is 17.2 Å². The molecule has 0 saturated carbocycles. The van der Waals surface area contributed by atoms with Crippen LogP contribution in [0.2, 0.25) is 0 Å². The Bertz CT molecular complexity index is 594. The van der Waals surface area contributed by atoms with Crippen LogP contribution in [0.15, 0.2) is 23.1 Å². The summed E-state index contributed by atoms with van der Waals surface area (Å²) < 4.78 is 58.3. The number of morpholine rings is 1. The van der Waals surface area contributed by atoms with E-state index >= 15 is 0 Å². The standard InChI is InChI=1S/C12H16F2N2O3S/c1-8-7-19-10(5-15)6-16(8)20(17,18)12-4-9(13)2-3-11(12)14/h2-4,8,10H,5-7,15H2,1H3. The van der Waals surface area contributed by atoms with Crippen LogP contribution < -0.4 is 5.73 Å². The SMILES string of the molecule is CC1COC(CN)CN1S(=O)(=O)c1cc(F)ccc1F. The number of hydrogen-bond donors (Lipinski definition) is 1. The van der Waals surface area contributed by atoms with Crippen LogP contribution in [0.5, 0.6) is 0 Å². The van der Waals surface area contributed by atoms with Gasteiger partial charge in [0.2, 0.25) is 10.0 Å². The highest BCUT2D eigenvalue weighted by Crippen LogP contribution is 2.25. The second-order valence-corrected chi connectivity index (χ2v) is 6.55. The molecule has 0 spiro atoms. The lowest BCUT2D eigenvalue weighted by molar-refractivity contribution is -0.0220. The van der Waals surface area contributed by atoms with Gasteiger partial charge in [0, 0.05) is 19.1 Å². The van der Waals surface area contributed by atoms with Crippen LogP contribution in [0.3, 0.4) is 0 Å². The number of benzene rings is 1. The molecule has 112 valence electrons. The molecule has 1 heterocycles. The lowest BCUT2D eigenvalue weighted by Gasteiger charge is -2.36. The first-order valence-corrected chi connectivity index (χ1v) is 7.59. The second-order valence-electron chi connectivity index (χ2n) is 4.69. The van der Waals surface area contributed by atoms with Crippen molar-refractivity contribution in [3.63, 3.8) is 0 Å². The molecule has 1 aromatic rings. The van der Waals surface area contributed by atoms with Gasteiger partial charge >= 0.3 is 0 Å². The third-order valence-electron chi connectivity index (χ3n) is 3.19. The quantitative estimate of drug-likeness (QED) is 0.892. The average Bonchev–Trinajstić information content (AvgIpc) is 2.41. The minimum absolute atomic E-state index is 0.0238. The Kier molecular flexibility index (Phi) is 4.38. The minimum Gasteiger partial charge on any atom is -0.374 e. The van der Waals surface area contributed by atoms with Crippen molar-refractivity contribution in [2.45, 2.75) is 24.0 Å². The Hall–Kier alpha value is -1.09. The molecule has 2 atom stereocenters. The molecule has 1 aliphatic heterocycles. The summed E-state index contributed by atoms with van der Waals surface area (Å²) >= 11 is 0. The van der Waals surface area contributed by atoms with E-state index in [0.29, 0.717) is 6.07 Å². The number of hydrogen-bond acceptors (Lipinski definition) is 4. The van der Waals surface area contributed by atoms with Crippen molar-refractivity contribution in [2.24, 2.45) is 5.73 Å². The van der Waals surface area contributed by atoms with Crippen LogP contribution in [0, 0.1) is 11.6 Å². The largest absolute Gasteiger partial charge is 0.374 e. The van der Waals surface area contributed by atoms with E-state index in [0.717, 1.165) is 16.4 Å². The molecule has 1 saturated heterocycles. The Morgan fingerprint density at radius 3 is 2.80 bits per heavy atom. The third-order valence-corrected chi connectivity index (χ3v) is 5.19. The molecule has 0 amide bonds. The predicted octanol–water partition coefficient (Wildman–Crippen LogP) is 0.701. The molecule has 20 heavy (non-hydrogen) atoms. The fourth-order valence-electron chi connectivity index (χ4n) is 2.07. The molecule has 2 N–H and O–H groups in total. The zero-order valence-electron chi connectivity index (χ0n) is 10.9. The van der Waals surface area contributed by atoms with Gasteiger partial charge in [0.25, 0.3) is 0 Å². The van der Waals surface area contributed by atoms with Gasteiger partial charge in [-0.15, -0.1) is 0 Å². The van der Waals surface area contributed by atoms with Crippen LogP contribution in [0.1, 0.15) is 6.92 Å². The maximum Gasteiger partial charge on any atom is 0.246 e. The van der Waals surface area contributed by atoms with Gasteiger partial charge in [-0.1, -0.05) is 0 Å². The molecule has 0 radical (unpaired) electrons. The van der Waals surface area contributed by atoms with Crippen molar-refractivity contribution < 1.29 is 21.9 Å². The van der Waals surface area contributed by atoms with Gasteiger partial charge in [-0.3, -0.25) is 0 Å². The fourth-order valence-corrected chi connectivity index (χ4v) is 3.80. The summed E-state index contributed by atoms with van der Waals surface area (Å²) in [6.45, 7) is 1.99. The number of sulfonamides is 1. The molecule has 1 aliphatic rings. The topological polar surface area (TPSA) is 72.6 Å². The van der Waals surface area contributed by atoms with Gasteiger partial charge in [-0.05, 0) is 25.1 Å². The van der Waals surface area contributed by atoms with Crippen molar-refractivity contribution in [3.8, 4) is 0 Å². The highest BCUT2D eigenvalue weighted by molar-refractivity contribution is 7.89. The van der Waals surface area contributed by atoms with Crippen LogP contribution in [0.4, 0.5) is 8.78 Å². The van der Waals surface area contributed by atoms with E-state index in [4.69, 9.17) is 10.5 Å². The van der Waals surface area contributed by atoms with Crippen molar-refractivity contribution >= 4 is 10.0 Å². The molecule has 2 unspecified atom stereocenters. The summed E-state index contributed by atoms with van der Waals surface area (Å²) in [5, 5.41) is 0. The molecule has 0 bridgehead atoms. The molecule has 0 aromatic heterocycles. The fraction of sp³-hybridized carbons (Fsp3) is 0.500. The van der Waals surface area contributed by atoms with E-state index in [1.807, 2.05) is 0 Å². The monoisotopic (exact) mass is 306 g/mol. The first-order chi connectivity index (χ1) is 9.36.